The van der Waals surface area contributed by atoms with Crippen molar-refractivity contribution >= 4 is 5.91 Å². The van der Waals surface area contributed by atoms with Crippen molar-refractivity contribution in [2.24, 2.45) is 17.8 Å². The molecule has 0 aromatic carbocycles. The second-order valence-corrected chi connectivity index (χ2v) is 7.01. The van der Waals surface area contributed by atoms with E-state index in [0.717, 1.165) is 26.1 Å². The second-order valence-electron chi connectivity index (χ2n) is 7.01. The Kier molecular flexibility index (Phi) is 5.08. The van der Waals surface area contributed by atoms with E-state index in [-0.39, 0.29) is 18.1 Å². The fourth-order valence-electron chi connectivity index (χ4n) is 3.50. The zero-order valence-corrected chi connectivity index (χ0v) is 13.6. The van der Waals surface area contributed by atoms with Crippen LogP contribution in [-0.2, 0) is 9.53 Å². The fraction of sp³-hybridized carbons (Fsp3) is 0.938. The first kappa shape index (κ1) is 15.8. The molecule has 2 fully saturated rings. The van der Waals surface area contributed by atoms with E-state index in [9.17, 15) is 4.79 Å². The van der Waals surface area contributed by atoms with E-state index in [1.54, 1.807) is 0 Å². The first-order valence-corrected chi connectivity index (χ1v) is 8.09. The van der Waals surface area contributed by atoms with Gasteiger partial charge in [-0.05, 0) is 37.5 Å². The summed E-state index contributed by atoms with van der Waals surface area (Å²) in [5.74, 6) is 1.64. The SMILES string of the molecule is CC(C)C1NC(C(C)C)N(C(C)C2CCOCC2)C1=O. The minimum atomic E-state index is -0.0234. The van der Waals surface area contributed by atoms with Crippen molar-refractivity contribution in [3.05, 3.63) is 0 Å². The second kappa shape index (κ2) is 6.44. The zero-order chi connectivity index (χ0) is 14.9. The standard InChI is InChI=1S/C16H30N2O2/c1-10(2)14-16(19)18(15(17-14)11(3)4)12(5)13-6-8-20-9-7-13/h10-15,17H,6-9H2,1-5H3. The highest BCUT2D eigenvalue weighted by Crippen LogP contribution is 2.30. The lowest BCUT2D eigenvalue weighted by Gasteiger charge is -2.38. The van der Waals surface area contributed by atoms with Gasteiger partial charge in [-0.2, -0.15) is 0 Å². The number of hydrogen-bond donors (Lipinski definition) is 1. The van der Waals surface area contributed by atoms with Crippen LogP contribution in [0.5, 0.6) is 0 Å². The lowest BCUT2D eigenvalue weighted by molar-refractivity contribution is -0.135. The molecule has 0 aromatic heterocycles. The van der Waals surface area contributed by atoms with E-state index in [1.165, 1.54) is 0 Å². The van der Waals surface area contributed by atoms with Gasteiger partial charge in [0, 0.05) is 19.3 Å². The van der Waals surface area contributed by atoms with Crippen LogP contribution in [0.1, 0.15) is 47.5 Å². The largest absolute Gasteiger partial charge is 0.381 e. The molecule has 3 unspecified atom stereocenters. The Hall–Kier alpha value is -0.610. The number of nitrogens with zero attached hydrogens (tertiary/aromatic N) is 1. The van der Waals surface area contributed by atoms with Crippen LogP contribution in [0, 0.1) is 17.8 Å². The highest BCUT2D eigenvalue weighted by Gasteiger charge is 2.45. The number of hydrogen-bond acceptors (Lipinski definition) is 3. The molecule has 0 spiro atoms. The molecule has 2 saturated heterocycles. The molecule has 2 aliphatic rings. The van der Waals surface area contributed by atoms with Crippen LogP contribution in [0.3, 0.4) is 0 Å². The van der Waals surface area contributed by atoms with E-state index in [0.29, 0.717) is 23.8 Å². The van der Waals surface area contributed by atoms with Gasteiger partial charge in [-0.1, -0.05) is 27.7 Å². The van der Waals surface area contributed by atoms with E-state index in [4.69, 9.17) is 4.74 Å². The lowest BCUT2D eigenvalue weighted by atomic mass is 9.90. The maximum Gasteiger partial charge on any atom is 0.241 e. The molecular weight excluding hydrogens is 252 g/mol. The molecule has 1 amide bonds. The predicted molar refractivity (Wildman–Crippen MR) is 80.2 cm³/mol. The average molecular weight is 282 g/mol. The van der Waals surface area contributed by atoms with E-state index in [1.807, 2.05) is 0 Å². The highest BCUT2D eigenvalue weighted by atomic mass is 16.5. The van der Waals surface area contributed by atoms with Crippen molar-refractivity contribution in [1.29, 1.82) is 0 Å². The van der Waals surface area contributed by atoms with Crippen molar-refractivity contribution < 1.29 is 9.53 Å². The summed E-state index contributed by atoms with van der Waals surface area (Å²) in [7, 11) is 0. The van der Waals surface area contributed by atoms with Gasteiger partial charge in [0.15, 0.2) is 0 Å². The van der Waals surface area contributed by atoms with E-state index >= 15 is 0 Å². The summed E-state index contributed by atoms with van der Waals surface area (Å²) in [6.45, 7) is 12.5. The lowest BCUT2D eigenvalue weighted by Crippen LogP contribution is -2.49. The minimum Gasteiger partial charge on any atom is -0.381 e. The van der Waals surface area contributed by atoms with Crippen LogP contribution in [0.2, 0.25) is 0 Å². The molecule has 2 heterocycles. The van der Waals surface area contributed by atoms with Crippen molar-refractivity contribution in [3.63, 3.8) is 0 Å². The molecule has 0 radical (unpaired) electrons. The van der Waals surface area contributed by atoms with Gasteiger partial charge < -0.3 is 9.64 Å². The van der Waals surface area contributed by atoms with Gasteiger partial charge in [0.2, 0.25) is 5.91 Å². The van der Waals surface area contributed by atoms with Crippen molar-refractivity contribution in [1.82, 2.24) is 10.2 Å². The Morgan fingerprint density at radius 2 is 1.70 bits per heavy atom. The molecule has 2 rings (SSSR count). The van der Waals surface area contributed by atoms with Gasteiger partial charge in [0.05, 0.1) is 12.2 Å². The zero-order valence-electron chi connectivity index (χ0n) is 13.6. The molecule has 4 heteroatoms. The molecule has 0 aromatic rings. The van der Waals surface area contributed by atoms with Crippen LogP contribution >= 0.6 is 0 Å². The van der Waals surface area contributed by atoms with Crippen LogP contribution in [-0.4, -0.2) is 42.3 Å². The number of carbonyl (C=O) groups is 1. The van der Waals surface area contributed by atoms with Crippen LogP contribution in [0.15, 0.2) is 0 Å². The quantitative estimate of drug-likeness (QED) is 0.860. The van der Waals surface area contributed by atoms with E-state index in [2.05, 4.69) is 44.8 Å². The summed E-state index contributed by atoms with van der Waals surface area (Å²) in [5, 5.41) is 3.55. The minimum absolute atomic E-state index is 0.0234. The summed E-state index contributed by atoms with van der Waals surface area (Å²) >= 11 is 0. The summed E-state index contributed by atoms with van der Waals surface area (Å²) in [6, 6.07) is 0.278. The van der Waals surface area contributed by atoms with Crippen molar-refractivity contribution in [2.75, 3.05) is 13.2 Å². The average Bonchev–Trinajstić information content (AvgIpc) is 2.77. The molecule has 0 aliphatic carbocycles. The first-order chi connectivity index (χ1) is 9.43. The Morgan fingerprint density at radius 3 is 2.20 bits per heavy atom. The molecule has 1 N–H and O–H groups in total. The maximum atomic E-state index is 12.8. The van der Waals surface area contributed by atoms with Crippen LogP contribution in [0.4, 0.5) is 0 Å². The number of rotatable bonds is 4. The van der Waals surface area contributed by atoms with Crippen molar-refractivity contribution in [3.8, 4) is 0 Å². The smallest absolute Gasteiger partial charge is 0.241 e. The van der Waals surface area contributed by atoms with Crippen LogP contribution in [0.25, 0.3) is 0 Å². The number of nitrogens with one attached hydrogen (secondary N) is 1. The highest BCUT2D eigenvalue weighted by molar-refractivity contribution is 5.85. The predicted octanol–water partition coefficient (Wildman–Crippen LogP) is 2.24. The number of ether oxygens (including phenoxy) is 1. The summed E-state index contributed by atoms with van der Waals surface area (Å²) in [6.07, 6.45) is 2.32. The monoisotopic (exact) mass is 282 g/mol. The molecular formula is C16H30N2O2. The number of carbonyl (C=O) groups excluding carboxylic acids is 1. The third-order valence-electron chi connectivity index (χ3n) is 4.86. The van der Waals surface area contributed by atoms with E-state index < -0.39 is 0 Å². The Balaban J connectivity index is 2.15. The normalized spacial score (nSPS) is 30.6. The molecule has 3 atom stereocenters. The molecule has 4 nitrogen and oxygen atoms in total. The maximum absolute atomic E-state index is 12.8. The van der Waals surface area contributed by atoms with Gasteiger partial charge in [0.25, 0.3) is 0 Å². The van der Waals surface area contributed by atoms with Gasteiger partial charge >= 0.3 is 0 Å². The topological polar surface area (TPSA) is 41.6 Å². The van der Waals surface area contributed by atoms with Gasteiger partial charge in [-0.25, -0.2) is 0 Å². The molecule has 20 heavy (non-hydrogen) atoms. The summed E-state index contributed by atoms with van der Waals surface area (Å²) < 4.78 is 5.45. The van der Waals surface area contributed by atoms with Crippen molar-refractivity contribution in [2.45, 2.75) is 65.7 Å². The summed E-state index contributed by atoms with van der Waals surface area (Å²) in [4.78, 5) is 14.9. The van der Waals surface area contributed by atoms with Gasteiger partial charge in [-0.15, -0.1) is 0 Å². The third kappa shape index (κ3) is 3.01. The molecule has 116 valence electrons. The fourth-order valence-corrected chi connectivity index (χ4v) is 3.50. The third-order valence-corrected chi connectivity index (χ3v) is 4.86. The van der Waals surface area contributed by atoms with Gasteiger partial charge in [-0.3, -0.25) is 10.1 Å². The molecule has 2 aliphatic heterocycles. The Bertz CT molecular complexity index is 337. The Labute approximate surface area is 123 Å². The molecule has 0 bridgehead atoms. The Morgan fingerprint density at radius 1 is 1.10 bits per heavy atom. The summed E-state index contributed by atoms with van der Waals surface area (Å²) in [5.41, 5.74) is 0. The first-order valence-electron chi connectivity index (χ1n) is 8.09. The number of amides is 1. The van der Waals surface area contributed by atoms with Crippen LogP contribution < -0.4 is 5.32 Å². The van der Waals surface area contributed by atoms with Gasteiger partial charge in [0.1, 0.15) is 0 Å². The molecule has 0 saturated carbocycles.